The Labute approximate surface area is 164 Å². The summed E-state index contributed by atoms with van der Waals surface area (Å²) in [6, 6.07) is 6.71. The number of hydrogen-bond donors (Lipinski definition) is 1. The molecule has 2 unspecified atom stereocenters. The van der Waals surface area contributed by atoms with Crippen LogP contribution in [0.1, 0.15) is 17.8 Å². The van der Waals surface area contributed by atoms with Crippen molar-refractivity contribution < 1.29 is 13.2 Å². The van der Waals surface area contributed by atoms with Gasteiger partial charge in [0.15, 0.2) is 5.15 Å². The van der Waals surface area contributed by atoms with Gasteiger partial charge in [-0.3, -0.25) is 4.90 Å². The maximum absolute atomic E-state index is 13.2. The molecule has 28 heavy (non-hydrogen) atoms. The van der Waals surface area contributed by atoms with E-state index < -0.39 is 12.7 Å². The second-order valence-electron chi connectivity index (χ2n) is 7.80. The molecule has 3 aromatic rings. The van der Waals surface area contributed by atoms with Crippen molar-refractivity contribution in [2.75, 3.05) is 13.1 Å². The molecule has 0 amide bonds. The molecule has 5 nitrogen and oxygen atoms in total. The number of aryl methyl sites for hydroxylation is 1. The molecule has 1 N–H and O–H groups in total. The minimum Gasteiger partial charge on any atom is -0.327 e. The highest BCUT2D eigenvalue weighted by atomic mass is 35.5. The summed E-state index contributed by atoms with van der Waals surface area (Å²) in [4.78, 5) is 10.9. The summed E-state index contributed by atoms with van der Waals surface area (Å²) in [6.45, 7) is 3.33. The first kappa shape index (κ1) is 18.1. The highest BCUT2D eigenvalue weighted by Crippen LogP contribution is 2.35. The molecule has 2 aromatic heterocycles. The Hall–Kier alpha value is -1.90. The van der Waals surface area contributed by atoms with Gasteiger partial charge in [-0.05, 0) is 31.0 Å². The van der Waals surface area contributed by atoms with Gasteiger partial charge in [0.1, 0.15) is 23.4 Å². The second-order valence-corrected chi connectivity index (χ2v) is 8.16. The van der Waals surface area contributed by atoms with Crippen LogP contribution < -0.4 is 5.32 Å². The van der Waals surface area contributed by atoms with Crippen LogP contribution >= 0.6 is 11.6 Å². The summed E-state index contributed by atoms with van der Waals surface area (Å²) in [5, 5.41) is 4.24. The van der Waals surface area contributed by atoms with Crippen molar-refractivity contribution in [3.05, 3.63) is 34.7 Å². The van der Waals surface area contributed by atoms with E-state index in [9.17, 15) is 13.2 Å². The normalized spacial score (nSPS) is 22.8. The Morgan fingerprint density at radius 3 is 2.61 bits per heavy atom. The van der Waals surface area contributed by atoms with Gasteiger partial charge in [-0.25, -0.2) is 9.97 Å². The molecule has 3 fully saturated rings. The number of rotatable bonds is 3. The Kier molecular flexibility index (Phi) is 4.08. The van der Waals surface area contributed by atoms with Crippen molar-refractivity contribution in [3.63, 3.8) is 0 Å². The van der Waals surface area contributed by atoms with Gasteiger partial charge >= 0.3 is 6.18 Å². The number of halogens is 4. The van der Waals surface area contributed by atoms with Crippen LogP contribution in [0.15, 0.2) is 18.2 Å². The summed E-state index contributed by atoms with van der Waals surface area (Å²) >= 11 is 6.23. The molecule has 1 aromatic carbocycles. The Morgan fingerprint density at radius 2 is 1.93 bits per heavy atom. The van der Waals surface area contributed by atoms with Crippen molar-refractivity contribution in [1.29, 1.82) is 0 Å². The Morgan fingerprint density at radius 1 is 1.21 bits per heavy atom. The quantitative estimate of drug-likeness (QED) is 0.671. The molecule has 3 saturated heterocycles. The van der Waals surface area contributed by atoms with Crippen LogP contribution in [-0.2, 0) is 13.1 Å². The number of fused-ring (bicyclic) bond motifs is 5. The molecular formula is C19H19ClF3N5. The Balaban J connectivity index is 1.60. The third kappa shape index (κ3) is 3.13. The molecule has 0 saturated carbocycles. The standard InChI is InChI=1S/C19H19ClF3N5/c1-10-24-16-14-4-11(6-27-7-12-5-13(8-27)26-12)2-3-15(14)28(9-19(21,22)23)17(16)18(20)25-10/h2-4,12-13,26H,5-9H2,1H3. The molecule has 3 aliphatic rings. The van der Waals surface area contributed by atoms with Gasteiger partial charge in [-0.1, -0.05) is 17.7 Å². The molecule has 3 aliphatic heterocycles. The maximum Gasteiger partial charge on any atom is 0.406 e. The lowest BCUT2D eigenvalue weighted by atomic mass is 9.91. The number of piperidine rings is 1. The van der Waals surface area contributed by atoms with Gasteiger partial charge in [0, 0.05) is 37.1 Å². The molecule has 148 valence electrons. The van der Waals surface area contributed by atoms with Crippen LogP contribution in [0.5, 0.6) is 0 Å². The third-order valence-electron chi connectivity index (χ3n) is 5.57. The monoisotopic (exact) mass is 409 g/mol. The first-order valence-electron chi connectivity index (χ1n) is 9.27. The molecule has 2 bridgehead atoms. The van der Waals surface area contributed by atoms with Gasteiger partial charge in [-0.2, -0.15) is 13.2 Å². The van der Waals surface area contributed by atoms with Gasteiger partial charge in [-0.15, -0.1) is 0 Å². The summed E-state index contributed by atoms with van der Waals surface area (Å²) in [6.07, 6.45) is -3.14. The summed E-state index contributed by atoms with van der Waals surface area (Å²) in [5.74, 6) is 0.441. The zero-order chi connectivity index (χ0) is 19.6. The van der Waals surface area contributed by atoms with Gasteiger partial charge in [0.05, 0.1) is 5.52 Å². The van der Waals surface area contributed by atoms with E-state index in [2.05, 4.69) is 20.2 Å². The minimum atomic E-state index is -4.37. The molecule has 5 heterocycles. The summed E-state index contributed by atoms with van der Waals surface area (Å²) < 4.78 is 40.8. The van der Waals surface area contributed by atoms with E-state index in [1.165, 1.54) is 11.0 Å². The fourth-order valence-corrected chi connectivity index (χ4v) is 4.84. The minimum absolute atomic E-state index is 0.0479. The van der Waals surface area contributed by atoms with Crippen molar-refractivity contribution in [1.82, 2.24) is 24.8 Å². The van der Waals surface area contributed by atoms with Crippen LogP contribution in [0.25, 0.3) is 21.9 Å². The predicted molar refractivity (Wildman–Crippen MR) is 101 cm³/mol. The van der Waals surface area contributed by atoms with Gasteiger partial charge < -0.3 is 9.88 Å². The number of nitrogens with zero attached hydrogens (tertiary/aromatic N) is 4. The third-order valence-corrected chi connectivity index (χ3v) is 5.83. The molecule has 0 aliphatic carbocycles. The first-order valence-corrected chi connectivity index (χ1v) is 9.65. The van der Waals surface area contributed by atoms with Crippen molar-refractivity contribution >= 4 is 33.5 Å². The molecule has 2 atom stereocenters. The highest BCUT2D eigenvalue weighted by Gasteiger charge is 2.36. The van der Waals surface area contributed by atoms with E-state index in [0.29, 0.717) is 34.3 Å². The molecule has 0 radical (unpaired) electrons. The predicted octanol–water partition coefficient (Wildman–Crippen LogP) is 3.65. The van der Waals surface area contributed by atoms with E-state index in [4.69, 9.17) is 11.6 Å². The molecule has 0 spiro atoms. The average Bonchev–Trinajstić information content (AvgIpc) is 2.86. The smallest absolute Gasteiger partial charge is 0.327 e. The lowest BCUT2D eigenvalue weighted by molar-refractivity contribution is -0.139. The molecule has 6 rings (SSSR count). The van der Waals surface area contributed by atoms with Crippen molar-refractivity contribution in [3.8, 4) is 0 Å². The van der Waals surface area contributed by atoms with Crippen LogP contribution in [0, 0.1) is 6.92 Å². The first-order chi connectivity index (χ1) is 13.3. The number of aromatic nitrogens is 3. The van der Waals surface area contributed by atoms with E-state index in [1.54, 1.807) is 13.0 Å². The largest absolute Gasteiger partial charge is 0.406 e. The molecular weight excluding hydrogens is 391 g/mol. The lowest BCUT2D eigenvalue weighted by Crippen LogP contribution is -2.66. The fraction of sp³-hybridized carbons (Fsp3) is 0.474. The average molecular weight is 410 g/mol. The van der Waals surface area contributed by atoms with E-state index in [0.717, 1.165) is 25.2 Å². The van der Waals surface area contributed by atoms with E-state index >= 15 is 0 Å². The number of benzene rings is 1. The summed E-state index contributed by atoms with van der Waals surface area (Å²) in [7, 11) is 0. The maximum atomic E-state index is 13.2. The second kappa shape index (κ2) is 6.30. The summed E-state index contributed by atoms with van der Waals surface area (Å²) in [5.41, 5.74) is 2.25. The number of hydrogen-bond acceptors (Lipinski definition) is 4. The van der Waals surface area contributed by atoms with E-state index in [-0.39, 0.29) is 10.7 Å². The van der Waals surface area contributed by atoms with Crippen LogP contribution in [-0.4, -0.2) is 50.8 Å². The highest BCUT2D eigenvalue weighted by molar-refractivity contribution is 6.34. The van der Waals surface area contributed by atoms with Crippen molar-refractivity contribution in [2.45, 2.75) is 44.7 Å². The fourth-order valence-electron chi connectivity index (χ4n) is 4.52. The zero-order valence-electron chi connectivity index (χ0n) is 15.2. The van der Waals surface area contributed by atoms with Gasteiger partial charge in [0.2, 0.25) is 0 Å². The van der Waals surface area contributed by atoms with Crippen molar-refractivity contribution in [2.24, 2.45) is 0 Å². The van der Waals surface area contributed by atoms with Crippen LogP contribution in [0.3, 0.4) is 0 Å². The Bertz CT molecular complexity index is 1060. The SMILES string of the molecule is Cc1nc(Cl)c2c(n1)c1cc(CN3CC4CC(C3)N4)ccc1n2CC(F)(F)F. The molecule has 9 heteroatoms. The van der Waals surface area contributed by atoms with Crippen LogP contribution in [0.2, 0.25) is 5.15 Å². The number of alkyl halides is 3. The lowest BCUT2D eigenvalue weighted by Gasteiger charge is -2.48. The zero-order valence-corrected chi connectivity index (χ0v) is 16.0. The number of piperazine rings is 1. The van der Waals surface area contributed by atoms with Crippen LogP contribution in [0.4, 0.5) is 13.2 Å². The number of nitrogens with one attached hydrogen (secondary N) is 1. The topological polar surface area (TPSA) is 46.0 Å². The van der Waals surface area contributed by atoms with Gasteiger partial charge in [0.25, 0.3) is 0 Å². The van der Waals surface area contributed by atoms with E-state index in [1.807, 2.05) is 12.1 Å².